The number of fused-ring (bicyclic) bond motifs is 1. The molecule has 3 aromatic rings. The number of hydrogen-bond acceptors (Lipinski definition) is 5. The number of amides is 1. The second kappa shape index (κ2) is 10.2. The first-order chi connectivity index (χ1) is 16.6. The second-order valence-electron chi connectivity index (χ2n) is 9.07. The number of alkyl halides is 3. The molecule has 7 nitrogen and oxygen atoms in total. The van der Waals surface area contributed by atoms with Crippen LogP contribution in [-0.4, -0.2) is 64.7 Å². The van der Waals surface area contributed by atoms with Gasteiger partial charge in [-0.25, -0.2) is 9.50 Å². The molecule has 0 bridgehead atoms. The van der Waals surface area contributed by atoms with Crippen LogP contribution in [0.25, 0.3) is 5.65 Å². The highest BCUT2D eigenvalue weighted by atomic mass is 19.4. The zero-order valence-electron chi connectivity index (χ0n) is 20.3. The largest absolute Gasteiger partial charge is 0.416 e. The molecular weight excluding hydrogens is 457 g/mol. The van der Waals surface area contributed by atoms with E-state index in [2.05, 4.69) is 20.3 Å². The number of aryl methyl sites for hydroxylation is 3. The number of carbonyl (C=O) groups excluding carboxylic acids is 1. The lowest BCUT2D eigenvalue weighted by Gasteiger charge is -2.36. The Labute approximate surface area is 202 Å². The monoisotopic (exact) mass is 488 g/mol. The summed E-state index contributed by atoms with van der Waals surface area (Å²) in [5.74, 6) is -0.162. The van der Waals surface area contributed by atoms with E-state index in [0.29, 0.717) is 42.2 Å². The van der Waals surface area contributed by atoms with E-state index in [1.54, 1.807) is 10.6 Å². The Balaban J connectivity index is 1.21. The molecule has 35 heavy (non-hydrogen) atoms. The Morgan fingerprint density at radius 2 is 1.80 bits per heavy atom. The second-order valence-corrected chi connectivity index (χ2v) is 9.07. The van der Waals surface area contributed by atoms with Gasteiger partial charge in [0.05, 0.1) is 11.3 Å². The van der Waals surface area contributed by atoms with Crippen molar-refractivity contribution < 1.29 is 18.0 Å². The molecule has 0 spiro atoms. The quantitative estimate of drug-likeness (QED) is 0.510. The smallest absolute Gasteiger partial charge is 0.369 e. The Hall–Kier alpha value is -3.14. The predicted molar refractivity (Wildman–Crippen MR) is 129 cm³/mol. The van der Waals surface area contributed by atoms with E-state index in [9.17, 15) is 18.0 Å². The lowest BCUT2D eigenvalue weighted by atomic mass is 10.1. The summed E-state index contributed by atoms with van der Waals surface area (Å²) in [5.41, 5.74) is 3.53. The molecule has 1 amide bonds. The van der Waals surface area contributed by atoms with Crippen LogP contribution in [0.2, 0.25) is 0 Å². The Morgan fingerprint density at radius 3 is 2.51 bits per heavy atom. The molecule has 4 rings (SSSR count). The minimum Gasteiger partial charge on any atom is -0.369 e. The number of carbonyl (C=O) groups is 1. The number of benzene rings is 1. The first kappa shape index (κ1) is 25.0. The number of halogens is 3. The molecule has 0 unspecified atom stereocenters. The molecule has 1 aliphatic rings. The van der Waals surface area contributed by atoms with Gasteiger partial charge in [-0.3, -0.25) is 9.69 Å². The van der Waals surface area contributed by atoms with E-state index in [1.807, 2.05) is 31.7 Å². The fraction of sp³-hybridized carbons (Fsp3) is 0.480. The third-order valence-corrected chi connectivity index (χ3v) is 6.39. The molecule has 10 heteroatoms. The van der Waals surface area contributed by atoms with E-state index >= 15 is 0 Å². The molecule has 188 valence electrons. The van der Waals surface area contributed by atoms with Gasteiger partial charge in [-0.1, -0.05) is 6.07 Å². The molecular formula is C25H31F3N6O. The third kappa shape index (κ3) is 5.75. The van der Waals surface area contributed by atoms with Crippen LogP contribution in [0.4, 0.5) is 18.9 Å². The van der Waals surface area contributed by atoms with E-state index < -0.39 is 11.7 Å². The first-order valence-electron chi connectivity index (χ1n) is 11.9. The molecule has 0 aliphatic carbocycles. The number of anilines is 1. The number of nitrogens with one attached hydrogen (secondary N) is 1. The molecule has 1 N–H and O–H groups in total. The summed E-state index contributed by atoms with van der Waals surface area (Å²) in [4.78, 5) is 21.6. The predicted octanol–water partition coefficient (Wildman–Crippen LogP) is 4.01. The van der Waals surface area contributed by atoms with E-state index in [-0.39, 0.29) is 5.91 Å². The number of piperazine rings is 1. The summed E-state index contributed by atoms with van der Waals surface area (Å²) in [6, 6.07) is 7.46. The van der Waals surface area contributed by atoms with Crippen molar-refractivity contribution in [1.29, 1.82) is 0 Å². The average Bonchev–Trinajstić information content (AvgIpc) is 3.15. The molecule has 0 saturated carbocycles. The van der Waals surface area contributed by atoms with E-state index in [1.165, 1.54) is 12.1 Å². The van der Waals surface area contributed by atoms with Crippen molar-refractivity contribution in [3.63, 3.8) is 0 Å². The molecule has 1 aromatic carbocycles. The summed E-state index contributed by atoms with van der Waals surface area (Å²) >= 11 is 0. The Kier molecular flexibility index (Phi) is 7.30. The Bertz CT molecular complexity index is 1200. The van der Waals surface area contributed by atoms with Crippen LogP contribution in [-0.2, 0) is 6.18 Å². The zero-order valence-corrected chi connectivity index (χ0v) is 20.3. The van der Waals surface area contributed by atoms with Crippen molar-refractivity contribution in [2.45, 2.75) is 39.8 Å². The Morgan fingerprint density at radius 1 is 1.06 bits per heavy atom. The van der Waals surface area contributed by atoms with Gasteiger partial charge < -0.3 is 10.2 Å². The standard InChI is InChI=1S/C25H31F3N6O/c1-17-15-18(2)34-23(30-17)22(19(3)31-34)24(35)29-9-4-5-10-32-11-13-33(14-12-32)21-8-6-7-20(16-21)25(26,27)28/h6-8,15-16H,4-5,9-14H2,1-3H3,(H,29,35). The van der Waals surface area contributed by atoms with Gasteiger partial charge >= 0.3 is 6.18 Å². The number of rotatable bonds is 7. The van der Waals surface area contributed by atoms with Crippen molar-refractivity contribution in [2.75, 3.05) is 44.2 Å². The first-order valence-corrected chi connectivity index (χ1v) is 11.9. The lowest BCUT2D eigenvalue weighted by Crippen LogP contribution is -2.46. The topological polar surface area (TPSA) is 65.8 Å². The summed E-state index contributed by atoms with van der Waals surface area (Å²) in [6.45, 7) is 10.1. The minimum atomic E-state index is -4.33. The van der Waals surface area contributed by atoms with Gasteiger partial charge in [0.25, 0.3) is 5.91 Å². The van der Waals surface area contributed by atoms with Gasteiger partial charge in [-0.2, -0.15) is 18.3 Å². The number of aromatic nitrogens is 3. The molecule has 1 saturated heterocycles. The van der Waals surface area contributed by atoms with Crippen LogP contribution < -0.4 is 10.2 Å². The summed E-state index contributed by atoms with van der Waals surface area (Å²) < 4.78 is 40.7. The summed E-state index contributed by atoms with van der Waals surface area (Å²) in [6.07, 6.45) is -2.57. The van der Waals surface area contributed by atoms with Crippen LogP contribution in [0.3, 0.4) is 0 Å². The van der Waals surface area contributed by atoms with Gasteiger partial charge in [-0.05, 0) is 64.4 Å². The molecule has 1 fully saturated rings. The molecule has 2 aromatic heterocycles. The van der Waals surface area contributed by atoms with Crippen molar-refractivity contribution >= 4 is 17.2 Å². The van der Waals surface area contributed by atoms with Crippen LogP contribution in [0.15, 0.2) is 30.3 Å². The van der Waals surface area contributed by atoms with Gasteiger partial charge in [-0.15, -0.1) is 0 Å². The normalized spacial score (nSPS) is 15.1. The van der Waals surface area contributed by atoms with E-state index in [4.69, 9.17) is 0 Å². The van der Waals surface area contributed by atoms with E-state index in [0.717, 1.165) is 49.9 Å². The molecule has 0 atom stereocenters. The summed E-state index contributed by atoms with van der Waals surface area (Å²) in [7, 11) is 0. The van der Waals surface area contributed by atoms with Gasteiger partial charge in [0, 0.05) is 49.8 Å². The van der Waals surface area contributed by atoms with Crippen molar-refractivity contribution in [2.24, 2.45) is 0 Å². The van der Waals surface area contributed by atoms with Crippen LogP contribution in [0, 0.1) is 20.8 Å². The SMILES string of the molecule is Cc1cc(C)n2nc(C)c(C(=O)NCCCCN3CCN(c4cccc(C(F)(F)F)c4)CC3)c2n1. The third-order valence-electron chi connectivity index (χ3n) is 6.39. The fourth-order valence-electron chi connectivity index (χ4n) is 4.55. The van der Waals surface area contributed by atoms with Crippen LogP contribution in [0.5, 0.6) is 0 Å². The molecule has 0 radical (unpaired) electrons. The fourth-order valence-corrected chi connectivity index (χ4v) is 4.55. The van der Waals surface area contributed by atoms with Crippen molar-refractivity contribution in [3.8, 4) is 0 Å². The highest BCUT2D eigenvalue weighted by Crippen LogP contribution is 2.31. The van der Waals surface area contributed by atoms with Gasteiger partial charge in [0.1, 0.15) is 5.56 Å². The minimum absolute atomic E-state index is 0.162. The summed E-state index contributed by atoms with van der Waals surface area (Å²) in [5, 5.41) is 7.44. The van der Waals surface area contributed by atoms with Gasteiger partial charge in [0.15, 0.2) is 5.65 Å². The number of hydrogen-bond donors (Lipinski definition) is 1. The molecule has 3 heterocycles. The van der Waals surface area contributed by atoms with Crippen LogP contribution in [0.1, 0.15) is 45.8 Å². The highest BCUT2D eigenvalue weighted by Gasteiger charge is 2.31. The van der Waals surface area contributed by atoms with Crippen molar-refractivity contribution in [3.05, 3.63) is 58.5 Å². The maximum atomic E-state index is 13.0. The average molecular weight is 489 g/mol. The zero-order chi connectivity index (χ0) is 25.2. The lowest BCUT2D eigenvalue weighted by molar-refractivity contribution is -0.137. The number of unbranched alkanes of at least 4 members (excludes halogenated alkanes) is 1. The van der Waals surface area contributed by atoms with Gasteiger partial charge in [0.2, 0.25) is 0 Å². The number of nitrogens with zero attached hydrogens (tertiary/aromatic N) is 5. The maximum Gasteiger partial charge on any atom is 0.416 e. The molecule has 1 aliphatic heterocycles. The highest BCUT2D eigenvalue weighted by molar-refractivity contribution is 6.01. The van der Waals surface area contributed by atoms with Crippen LogP contribution >= 0.6 is 0 Å². The van der Waals surface area contributed by atoms with Crippen molar-refractivity contribution in [1.82, 2.24) is 24.8 Å². The maximum absolute atomic E-state index is 13.0.